The van der Waals surface area contributed by atoms with E-state index in [4.69, 9.17) is 9.47 Å². The summed E-state index contributed by atoms with van der Waals surface area (Å²) in [5.74, 6) is 0.242. The van der Waals surface area contributed by atoms with E-state index in [0.717, 1.165) is 79.8 Å². The Labute approximate surface area is 305 Å². The number of cyclic esters (lactones) is 1. The third-order valence-electron chi connectivity index (χ3n) is 10.6. The average molecular weight is 698 g/mol. The zero-order valence-electron chi connectivity index (χ0n) is 30.6. The first-order chi connectivity index (χ1) is 25.3. The van der Waals surface area contributed by atoms with Crippen molar-refractivity contribution in [2.75, 3.05) is 37.8 Å². The van der Waals surface area contributed by atoms with Crippen molar-refractivity contribution in [2.45, 2.75) is 53.3 Å². The van der Waals surface area contributed by atoms with Crippen LogP contribution in [0.3, 0.4) is 0 Å². The molecule has 2 aromatic heterocycles. The number of hydrogen-bond acceptors (Lipinski definition) is 6. The number of aromatic nitrogens is 2. The van der Waals surface area contributed by atoms with Crippen molar-refractivity contribution >= 4 is 39.0 Å². The van der Waals surface area contributed by atoms with Gasteiger partial charge in [0.15, 0.2) is 5.60 Å². The number of hydrogen-bond donors (Lipinski definition) is 2. The van der Waals surface area contributed by atoms with Gasteiger partial charge in [0, 0.05) is 93.4 Å². The third-order valence-corrected chi connectivity index (χ3v) is 10.6. The highest BCUT2D eigenvalue weighted by atomic mass is 16.6. The molecule has 4 aromatic carbocycles. The fourth-order valence-electron chi connectivity index (χ4n) is 8.30. The van der Waals surface area contributed by atoms with Gasteiger partial charge in [-0.25, -0.2) is 4.79 Å². The lowest BCUT2D eigenvalue weighted by molar-refractivity contribution is 0.0269. The first-order valence-corrected chi connectivity index (χ1v) is 18.3. The van der Waals surface area contributed by atoms with Crippen LogP contribution in [0.4, 0.5) is 5.69 Å². The maximum Gasteiger partial charge on any atom is 0.340 e. The van der Waals surface area contributed by atoms with Gasteiger partial charge in [0.1, 0.15) is 5.75 Å². The average Bonchev–Trinajstić information content (AvgIpc) is 3.72. The SMILES string of the molecule is CCOc1cc(N(CC)CC)ccc1C1(C=C(c2c(C)n(CCO)c3ccccc23)c2c(C)n(CCO)c3ccccc23)OC(=O)c2ccccc21. The molecule has 52 heavy (non-hydrogen) atoms. The van der Waals surface area contributed by atoms with Crippen LogP contribution in [0, 0.1) is 13.8 Å². The second kappa shape index (κ2) is 14.4. The minimum Gasteiger partial charge on any atom is -0.493 e. The van der Waals surface area contributed by atoms with Crippen LogP contribution >= 0.6 is 0 Å². The standard InChI is InChI=1S/C44H47N3O5/c1-6-45(7-2)31-21-22-37(40(27-31)51-8-3)44(36-18-12-9-15-32(36)43(50)52-44)28-35(41-29(4)46(23-25-48)38-19-13-10-16-33(38)41)42-30(5)47(24-26-49)39-20-14-11-17-34(39)42/h9-22,27-28,48-49H,6-8,23-26H2,1-5H3. The molecule has 1 aliphatic rings. The van der Waals surface area contributed by atoms with Crippen molar-refractivity contribution in [2.24, 2.45) is 0 Å². The molecule has 7 rings (SSSR count). The lowest BCUT2D eigenvalue weighted by Gasteiger charge is -2.31. The molecule has 1 unspecified atom stereocenters. The minimum atomic E-state index is -1.37. The topological polar surface area (TPSA) is 89.1 Å². The minimum absolute atomic E-state index is 0.0155. The van der Waals surface area contributed by atoms with Crippen molar-refractivity contribution < 1.29 is 24.5 Å². The molecular formula is C44H47N3O5. The zero-order valence-corrected chi connectivity index (χ0v) is 30.6. The first-order valence-electron chi connectivity index (χ1n) is 18.3. The Hall–Kier alpha value is -5.31. The number of carbonyl (C=O) groups excluding carboxylic acids is 1. The van der Waals surface area contributed by atoms with E-state index in [2.05, 4.69) is 84.2 Å². The molecule has 0 fully saturated rings. The molecule has 0 saturated heterocycles. The number of aliphatic hydroxyl groups is 2. The third kappa shape index (κ3) is 5.58. The molecule has 3 heterocycles. The molecule has 0 bridgehead atoms. The van der Waals surface area contributed by atoms with Crippen LogP contribution in [0.25, 0.3) is 27.4 Å². The summed E-state index contributed by atoms with van der Waals surface area (Å²) in [7, 11) is 0. The predicted molar refractivity (Wildman–Crippen MR) is 208 cm³/mol. The Morgan fingerprint density at radius 1 is 0.769 bits per heavy atom. The number of aliphatic hydroxyl groups excluding tert-OH is 2. The van der Waals surface area contributed by atoms with Crippen molar-refractivity contribution in [3.05, 3.63) is 136 Å². The van der Waals surface area contributed by atoms with Gasteiger partial charge in [-0.2, -0.15) is 0 Å². The molecule has 0 spiro atoms. The summed E-state index contributed by atoms with van der Waals surface area (Å²) in [6.45, 7) is 13.3. The van der Waals surface area contributed by atoms with Gasteiger partial charge < -0.3 is 33.7 Å². The van der Waals surface area contributed by atoms with Crippen LogP contribution in [-0.4, -0.2) is 58.2 Å². The second-order valence-electron chi connectivity index (χ2n) is 13.2. The predicted octanol–water partition coefficient (Wildman–Crippen LogP) is 7.99. The number of fused-ring (bicyclic) bond motifs is 3. The van der Waals surface area contributed by atoms with Gasteiger partial charge in [-0.1, -0.05) is 54.6 Å². The Bertz CT molecular complexity index is 2220. The quantitative estimate of drug-likeness (QED) is 0.119. The van der Waals surface area contributed by atoms with Crippen LogP contribution in [0.1, 0.15) is 64.8 Å². The maximum atomic E-state index is 14.0. The number of carbonyl (C=O) groups is 1. The highest BCUT2D eigenvalue weighted by molar-refractivity contribution is 6.07. The molecule has 0 aliphatic carbocycles. The summed E-state index contributed by atoms with van der Waals surface area (Å²) in [6, 6.07) is 30.3. The summed E-state index contributed by atoms with van der Waals surface area (Å²) in [5.41, 5.74) is 8.46. The number of benzene rings is 4. The van der Waals surface area contributed by atoms with Crippen molar-refractivity contribution in [3.8, 4) is 5.75 Å². The van der Waals surface area contributed by atoms with Crippen molar-refractivity contribution in [3.63, 3.8) is 0 Å². The summed E-state index contributed by atoms with van der Waals surface area (Å²) < 4.78 is 17.5. The second-order valence-corrected chi connectivity index (χ2v) is 13.2. The van der Waals surface area contributed by atoms with E-state index in [0.29, 0.717) is 31.0 Å². The summed E-state index contributed by atoms with van der Waals surface area (Å²) >= 11 is 0. The smallest absolute Gasteiger partial charge is 0.340 e. The Kier molecular flexibility index (Phi) is 9.70. The molecule has 8 nitrogen and oxygen atoms in total. The number of ether oxygens (including phenoxy) is 2. The lowest BCUT2D eigenvalue weighted by atomic mass is 9.80. The van der Waals surface area contributed by atoms with Crippen molar-refractivity contribution in [1.29, 1.82) is 0 Å². The van der Waals surface area contributed by atoms with Gasteiger partial charge in [0.25, 0.3) is 0 Å². The Balaban J connectivity index is 1.66. The van der Waals surface area contributed by atoms with E-state index >= 15 is 0 Å². The largest absolute Gasteiger partial charge is 0.493 e. The lowest BCUT2D eigenvalue weighted by Crippen LogP contribution is -2.28. The van der Waals surface area contributed by atoms with Gasteiger partial charge in [-0.15, -0.1) is 0 Å². The van der Waals surface area contributed by atoms with Gasteiger partial charge in [0.05, 0.1) is 25.4 Å². The molecule has 8 heteroatoms. The van der Waals surface area contributed by atoms with Crippen LogP contribution in [0.15, 0.2) is 97.1 Å². The number of rotatable bonds is 13. The van der Waals surface area contributed by atoms with E-state index in [-0.39, 0.29) is 13.2 Å². The Morgan fingerprint density at radius 3 is 1.88 bits per heavy atom. The monoisotopic (exact) mass is 697 g/mol. The van der Waals surface area contributed by atoms with E-state index in [1.165, 1.54) is 0 Å². The Morgan fingerprint density at radius 2 is 1.33 bits per heavy atom. The molecule has 268 valence electrons. The van der Waals surface area contributed by atoms with Gasteiger partial charge in [0.2, 0.25) is 0 Å². The van der Waals surface area contributed by atoms with E-state index in [9.17, 15) is 15.0 Å². The molecule has 0 amide bonds. The molecule has 0 saturated carbocycles. The van der Waals surface area contributed by atoms with E-state index in [1.807, 2.05) is 61.5 Å². The van der Waals surface area contributed by atoms with Gasteiger partial charge in [-0.05, 0) is 76.6 Å². The van der Waals surface area contributed by atoms with Crippen LogP contribution < -0.4 is 9.64 Å². The van der Waals surface area contributed by atoms with Gasteiger partial charge >= 0.3 is 5.97 Å². The summed E-state index contributed by atoms with van der Waals surface area (Å²) in [6.07, 6.45) is 2.13. The number of para-hydroxylation sites is 2. The molecule has 1 atom stereocenters. The molecule has 6 aromatic rings. The fourth-order valence-corrected chi connectivity index (χ4v) is 8.30. The highest BCUT2D eigenvalue weighted by Gasteiger charge is 2.48. The molecule has 1 aliphatic heterocycles. The number of esters is 1. The highest BCUT2D eigenvalue weighted by Crippen LogP contribution is 2.51. The number of anilines is 1. The van der Waals surface area contributed by atoms with Gasteiger partial charge in [-0.3, -0.25) is 0 Å². The van der Waals surface area contributed by atoms with Crippen molar-refractivity contribution in [1.82, 2.24) is 9.13 Å². The fraction of sp³-hybridized carbons (Fsp3) is 0.295. The number of nitrogens with zero attached hydrogens (tertiary/aromatic N) is 3. The molecule has 0 radical (unpaired) electrons. The van der Waals surface area contributed by atoms with Crippen LogP contribution in [-0.2, 0) is 23.4 Å². The summed E-state index contributed by atoms with van der Waals surface area (Å²) in [4.78, 5) is 16.3. The van der Waals surface area contributed by atoms with Crippen LogP contribution in [0.2, 0.25) is 0 Å². The summed E-state index contributed by atoms with van der Waals surface area (Å²) in [5, 5.41) is 22.5. The zero-order chi connectivity index (χ0) is 36.6. The maximum absolute atomic E-state index is 14.0. The molecule has 2 N–H and O–H groups in total. The molecular weight excluding hydrogens is 651 g/mol. The van der Waals surface area contributed by atoms with E-state index in [1.54, 1.807) is 0 Å². The normalized spacial score (nSPS) is 15.2. The van der Waals surface area contributed by atoms with E-state index < -0.39 is 11.6 Å². The van der Waals surface area contributed by atoms with Crippen LogP contribution in [0.5, 0.6) is 5.75 Å². The first kappa shape index (κ1) is 35.1.